The standard InChI is InChI=1S/C12H10BrFN2/c13-10-4-3-8(14)5-9(10)12-15-6-11(16-12)7-1-2-7/h3-7H,1-2H2,(H,15,16). The van der Waals surface area contributed by atoms with Gasteiger partial charge in [0.25, 0.3) is 0 Å². The maximum atomic E-state index is 13.1. The summed E-state index contributed by atoms with van der Waals surface area (Å²) in [5, 5.41) is 0. The Morgan fingerprint density at radius 3 is 2.94 bits per heavy atom. The molecule has 0 radical (unpaired) electrons. The number of imidazole rings is 1. The molecule has 1 aromatic carbocycles. The number of aromatic nitrogens is 2. The van der Waals surface area contributed by atoms with Gasteiger partial charge in [-0.3, -0.25) is 0 Å². The van der Waals surface area contributed by atoms with Gasteiger partial charge in [-0.05, 0) is 31.0 Å². The first-order valence-corrected chi connectivity index (χ1v) is 6.03. The van der Waals surface area contributed by atoms with Gasteiger partial charge in [0.05, 0.1) is 0 Å². The van der Waals surface area contributed by atoms with Crippen LogP contribution < -0.4 is 0 Å². The van der Waals surface area contributed by atoms with Crippen molar-refractivity contribution in [3.8, 4) is 11.4 Å². The Morgan fingerprint density at radius 2 is 2.19 bits per heavy atom. The van der Waals surface area contributed by atoms with Gasteiger partial charge in [0.2, 0.25) is 0 Å². The van der Waals surface area contributed by atoms with Crippen molar-refractivity contribution in [2.75, 3.05) is 0 Å². The molecule has 3 rings (SSSR count). The summed E-state index contributed by atoms with van der Waals surface area (Å²) in [7, 11) is 0. The monoisotopic (exact) mass is 280 g/mol. The number of H-pyrrole nitrogens is 1. The second-order valence-electron chi connectivity index (χ2n) is 4.09. The molecule has 0 atom stereocenters. The van der Waals surface area contributed by atoms with E-state index in [0.29, 0.717) is 5.92 Å². The molecule has 2 aromatic rings. The predicted octanol–water partition coefficient (Wildman–Crippen LogP) is 3.86. The van der Waals surface area contributed by atoms with Crippen molar-refractivity contribution in [2.24, 2.45) is 0 Å². The molecule has 0 spiro atoms. The van der Waals surface area contributed by atoms with Gasteiger partial charge >= 0.3 is 0 Å². The minimum Gasteiger partial charge on any atom is -0.342 e. The van der Waals surface area contributed by atoms with Gasteiger partial charge in [-0.15, -0.1) is 0 Å². The molecule has 0 bridgehead atoms. The molecular weight excluding hydrogens is 271 g/mol. The fraction of sp³-hybridized carbons (Fsp3) is 0.250. The largest absolute Gasteiger partial charge is 0.342 e. The smallest absolute Gasteiger partial charge is 0.138 e. The van der Waals surface area contributed by atoms with Crippen molar-refractivity contribution in [3.63, 3.8) is 0 Å². The number of benzene rings is 1. The van der Waals surface area contributed by atoms with Gasteiger partial charge in [0, 0.05) is 27.8 Å². The number of nitrogens with one attached hydrogen (secondary N) is 1. The van der Waals surface area contributed by atoms with Gasteiger partial charge in [-0.25, -0.2) is 9.37 Å². The van der Waals surface area contributed by atoms with E-state index in [1.807, 2.05) is 6.20 Å². The van der Waals surface area contributed by atoms with Crippen LogP contribution in [0.1, 0.15) is 24.5 Å². The Labute approximate surface area is 101 Å². The summed E-state index contributed by atoms with van der Waals surface area (Å²) in [6.45, 7) is 0. The molecule has 2 nitrogen and oxygen atoms in total. The highest BCUT2D eigenvalue weighted by Gasteiger charge is 2.25. The van der Waals surface area contributed by atoms with Crippen LogP contribution in [0.3, 0.4) is 0 Å². The molecule has 82 valence electrons. The minimum absolute atomic E-state index is 0.248. The molecule has 1 fully saturated rings. The molecule has 0 saturated heterocycles. The van der Waals surface area contributed by atoms with Crippen molar-refractivity contribution in [3.05, 3.63) is 40.4 Å². The number of rotatable bonds is 2. The van der Waals surface area contributed by atoms with Crippen molar-refractivity contribution < 1.29 is 4.39 Å². The maximum Gasteiger partial charge on any atom is 0.138 e. The Balaban J connectivity index is 2.03. The normalized spacial score (nSPS) is 15.4. The van der Waals surface area contributed by atoms with Gasteiger partial charge < -0.3 is 4.98 Å². The SMILES string of the molecule is Fc1ccc(Br)c(-c2ncc(C3CC3)[nH]2)c1. The van der Waals surface area contributed by atoms with Crippen molar-refractivity contribution in [1.29, 1.82) is 0 Å². The average molecular weight is 281 g/mol. The van der Waals surface area contributed by atoms with Crippen molar-refractivity contribution >= 4 is 15.9 Å². The summed E-state index contributed by atoms with van der Waals surface area (Å²) in [6, 6.07) is 4.61. The molecule has 1 saturated carbocycles. The number of halogens is 2. The first-order chi connectivity index (χ1) is 7.74. The number of nitrogens with zero attached hydrogens (tertiary/aromatic N) is 1. The van der Waals surface area contributed by atoms with Crippen LogP contribution in [-0.4, -0.2) is 9.97 Å². The molecular formula is C12H10BrFN2. The van der Waals surface area contributed by atoms with Crippen LogP contribution in [0.2, 0.25) is 0 Å². The lowest BCUT2D eigenvalue weighted by molar-refractivity contribution is 0.628. The van der Waals surface area contributed by atoms with Crippen LogP contribution in [0.5, 0.6) is 0 Å². The second-order valence-corrected chi connectivity index (χ2v) is 4.94. The number of hydrogen-bond donors (Lipinski definition) is 1. The third-order valence-corrected chi connectivity index (χ3v) is 3.49. The zero-order valence-electron chi connectivity index (χ0n) is 8.50. The quantitative estimate of drug-likeness (QED) is 0.889. The van der Waals surface area contributed by atoms with E-state index in [1.54, 1.807) is 6.07 Å². The lowest BCUT2D eigenvalue weighted by Gasteiger charge is -2.00. The molecule has 1 aliphatic rings. The lowest BCUT2D eigenvalue weighted by atomic mass is 10.2. The molecule has 1 aromatic heterocycles. The van der Waals surface area contributed by atoms with Crippen LogP contribution in [0.25, 0.3) is 11.4 Å². The van der Waals surface area contributed by atoms with Crippen molar-refractivity contribution in [2.45, 2.75) is 18.8 Å². The molecule has 16 heavy (non-hydrogen) atoms. The molecule has 4 heteroatoms. The van der Waals surface area contributed by atoms with E-state index in [1.165, 1.54) is 25.0 Å². The van der Waals surface area contributed by atoms with E-state index < -0.39 is 0 Å². The van der Waals surface area contributed by atoms with Gasteiger partial charge in [-0.2, -0.15) is 0 Å². The zero-order chi connectivity index (χ0) is 11.1. The highest BCUT2D eigenvalue weighted by Crippen LogP contribution is 2.40. The van der Waals surface area contributed by atoms with Crippen molar-refractivity contribution in [1.82, 2.24) is 9.97 Å². The third-order valence-electron chi connectivity index (χ3n) is 2.80. The average Bonchev–Trinajstić information content (AvgIpc) is 3.01. The maximum absolute atomic E-state index is 13.1. The van der Waals surface area contributed by atoms with Crippen LogP contribution in [0, 0.1) is 5.82 Å². The van der Waals surface area contributed by atoms with Gasteiger partial charge in [0.1, 0.15) is 11.6 Å². The zero-order valence-corrected chi connectivity index (χ0v) is 10.1. The highest BCUT2D eigenvalue weighted by atomic mass is 79.9. The third kappa shape index (κ3) is 1.78. The second kappa shape index (κ2) is 3.70. The predicted molar refractivity (Wildman–Crippen MR) is 63.7 cm³/mol. The van der Waals surface area contributed by atoms with Crippen LogP contribution in [-0.2, 0) is 0 Å². The van der Waals surface area contributed by atoms with Gasteiger partial charge in [0.15, 0.2) is 0 Å². The molecule has 1 heterocycles. The van der Waals surface area contributed by atoms with E-state index in [9.17, 15) is 4.39 Å². The fourth-order valence-corrected chi connectivity index (χ4v) is 2.19. The fourth-order valence-electron chi connectivity index (χ4n) is 1.75. The first kappa shape index (κ1) is 10.0. The number of aromatic amines is 1. The summed E-state index contributed by atoms with van der Waals surface area (Å²) in [5.41, 5.74) is 1.93. The van der Waals surface area contributed by atoms with E-state index >= 15 is 0 Å². The van der Waals surface area contributed by atoms with Gasteiger partial charge in [-0.1, -0.05) is 15.9 Å². The molecule has 0 amide bonds. The minimum atomic E-state index is -0.248. The Kier molecular flexibility index (Phi) is 2.32. The molecule has 0 aliphatic heterocycles. The first-order valence-electron chi connectivity index (χ1n) is 5.24. The molecule has 0 unspecified atom stereocenters. The van der Waals surface area contributed by atoms with Crippen LogP contribution >= 0.6 is 15.9 Å². The summed E-state index contributed by atoms with van der Waals surface area (Å²) in [6.07, 6.45) is 4.31. The summed E-state index contributed by atoms with van der Waals surface area (Å²) in [5.74, 6) is 1.12. The Bertz CT molecular complexity index is 532. The summed E-state index contributed by atoms with van der Waals surface area (Å²) < 4.78 is 14.0. The van der Waals surface area contributed by atoms with E-state index in [0.717, 1.165) is 21.6 Å². The molecule has 1 aliphatic carbocycles. The van der Waals surface area contributed by atoms with E-state index in [4.69, 9.17) is 0 Å². The number of hydrogen-bond acceptors (Lipinski definition) is 1. The van der Waals surface area contributed by atoms with Crippen LogP contribution in [0.4, 0.5) is 4.39 Å². The Morgan fingerprint density at radius 1 is 1.38 bits per heavy atom. The lowest BCUT2D eigenvalue weighted by Crippen LogP contribution is -1.85. The summed E-state index contributed by atoms with van der Waals surface area (Å²) >= 11 is 3.40. The van der Waals surface area contributed by atoms with Crippen LogP contribution in [0.15, 0.2) is 28.9 Å². The Hall–Kier alpha value is -1.16. The highest BCUT2D eigenvalue weighted by molar-refractivity contribution is 9.10. The summed E-state index contributed by atoms with van der Waals surface area (Å²) in [4.78, 5) is 7.55. The topological polar surface area (TPSA) is 28.7 Å². The van der Waals surface area contributed by atoms with E-state index in [-0.39, 0.29) is 5.82 Å². The van der Waals surface area contributed by atoms with E-state index in [2.05, 4.69) is 25.9 Å². The molecule has 1 N–H and O–H groups in total.